The Hall–Kier alpha value is -2.41. The van der Waals surface area contributed by atoms with Crippen molar-refractivity contribution in [1.29, 1.82) is 0 Å². The van der Waals surface area contributed by atoms with Gasteiger partial charge in [0.25, 0.3) is 0 Å². The Morgan fingerprint density at radius 1 is 1.54 bits per heavy atom. The fourth-order valence-corrected chi connectivity index (χ4v) is 2.54. The number of aliphatic imine (C=N–C) groups is 1. The molecule has 7 heteroatoms. The summed E-state index contributed by atoms with van der Waals surface area (Å²) in [6, 6.07) is 1.98. The van der Waals surface area contributed by atoms with Crippen molar-refractivity contribution in [2.45, 2.75) is 26.3 Å². The van der Waals surface area contributed by atoms with Gasteiger partial charge in [-0.3, -0.25) is 4.79 Å². The van der Waals surface area contributed by atoms with Crippen LogP contribution in [0.15, 0.2) is 29.0 Å². The van der Waals surface area contributed by atoms with Gasteiger partial charge in [-0.1, -0.05) is 0 Å². The number of hydrogen-bond donors (Lipinski definition) is 3. The predicted octanol–water partition coefficient (Wildman–Crippen LogP) is 0.688. The molecule has 7 nitrogen and oxygen atoms in total. The smallest absolute Gasteiger partial charge is 0.209 e. The molecule has 1 aromatic heterocycles. The maximum atomic E-state index is 10.7. The number of rotatable bonds is 8. The second-order valence-electron chi connectivity index (χ2n) is 5.81. The van der Waals surface area contributed by atoms with Crippen molar-refractivity contribution in [1.82, 2.24) is 20.5 Å². The number of amidine groups is 1. The SMILES string of the molecule is CCN/C(=C\C(N)=Nc1cc2c(cn1)CCNC2)CCN(C)C=O. The molecule has 0 bridgehead atoms. The molecule has 0 unspecified atom stereocenters. The lowest BCUT2D eigenvalue weighted by molar-refractivity contribution is -0.116. The second-order valence-corrected chi connectivity index (χ2v) is 5.81. The van der Waals surface area contributed by atoms with Gasteiger partial charge < -0.3 is 21.3 Å². The van der Waals surface area contributed by atoms with Crippen LogP contribution in [0.1, 0.15) is 24.5 Å². The van der Waals surface area contributed by atoms with Crippen LogP contribution < -0.4 is 16.4 Å². The molecule has 1 aliphatic heterocycles. The summed E-state index contributed by atoms with van der Waals surface area (Å²) in [7, 11) is 1.75. The second kappa shape index (κ2) is 9.02. The molecular weight excluding hydrogens is 304 g/mol. The van der Waals surface area contributed by atoms with Gasteiger partial charge in [0, 0.05) is 45.0 Å². The minimum atomic E-state index is 0.399. The molecule has 0 fully saturated rings. The van der Waals surface area contributed by atoms with Crippen LogP contribution in [0.4, 0.5) is 5.82 Å². The van der Waals surface area contributed by atoms with Gasteiger partial charge in [0.05, 0.1) is 0 Å². The Labute approximate surface area is 143 Å². The molecule has 0 spiro atoms. The summed E-state index contributed by atoms with van der Waals surface area (Å²) in [5, 5.41) is 6.60. The van der Waals surface area contributed by atoms with Crippen molar-refractivity contribution >= 4 is 18.1 Å². The van der Waals surface area contributed by atoms with Crippen molar-refractivity contribution in [3.63, 3.8) is 0 Å². The first-order valence-corrected chi connectivity index (χ1v) is 8.25. The molecule has 4 N–H and O–H groups in total. The first-order valence-electron chi connectivity index (χ1n) is 8.25. The lowest BCUT2D eigenvalue weighted by Crippen LogP contribution is -2.24. The molecule has 0 radical (unpaired) electrons. The van der Waals surface area contributed by atoms with E-state index in [4.69, 9.17) is 5.73 Å². The minimum absolute atomic E-state index is 0.399. The summed E-state index contributed by atoms with van der Waals surface area (Å²) in [5.41, 5.74) is 9.50. The van der Waals surface area contributed by atoms with Gasteiger partial charge in [0.1, 0.15) is 5.84 Å². The average Bonchev–Trinajstić information content (AvgIpc) is 2.59. The van der Waals surface area contributed by atoms with Crippen LogP contribution in [0.3, 0.4) is 0 Å². The van der Waals surface area contributed by atoms with E-state index in [1.165, 1.54) is 11.1 Å². The molecule has 24 heavy (non-hydrogen) atoms. The Morgan fingerprint density at radius 3 is 3.12 bits per heavy atom. The third-order valence-electron chi connectivity index (χ3n) is 3.84. The summed E-state index contributed by atoms with van der Waals surface area (Å²) in [4.78, 5) is 21.0. The number of hydrogen-bond acceptors (Lipinski definition) is 5. The summed E-state index contributed by atoms with van der Waals surface area (Å²) in [6.07, 6.45) is 6.20. The Balaban J connectivity index is 2.10. The van der Waals surface area contributed by atoms with Crippen molar-refractivity contribution in [3.8, 4) is 0 Å². The van der Waals surface area contributed by atoms with Crippen molar-refractivity contribution in [2.75, 3.05) is 26.7 Å². The van der Waals surface area contributed by atoms with Gasteiger partial charge >= 0.3 is 0 Å². The van der Waals surface area contributed by atoms with E-state index in [1.807, 2.05) is 25.3 Å². The van der Waals surface area contributed by atoms with Gasteiger partial charge in [0.2, 0.25) is 6.41 Å². The molecule has 2 heterocycles. The molecule has 1 aromatic rings. The van der Waals surface area contributed by atoms with E-state index < -0.39 is 0 Å². The van der Waals surface area contributed by atoms with Crippen LogP contribution in [0.25, 0.3) is 0 Å². The quantitative estimate of drug-likeness (QED) is 0.370. The zero-order valence-corrected chi connectivity index (χ0v) is 14.4. The molecule has 0 saturated heterocycles. The third-order valence-corrected chi connectivity index (χ3v) is 3.84. The van der Waals surface area contributed by atoms with Crippen LogP contribution in [-0.2, 0) is 17.8 Å². The first-order chi connectivity index (χ1) is 11.6. The third kappa shape index (κ3) is 5.34. The summed E-state index contributed by atoms with van der Waals surface area (Å²) in [5.74, 6) is 1.02. The predicted molar refractivity (Wildman–Crippen MR) is 96.0 cm³/mol. The molecule has 0 aromatic carbocycles. The van der Waals surface area contributed by atoms with E-state index in [0.29, 0.717) is 24.6 Å². The highest BCUT2D eigenvalue weighted by Gasteiger charge is 2.09. The molecular formula is C17H26N6O. The van der Waals surface area contributed by atoms with Crippen LogP contribution in [0.5, 0.6) is 0 Å². The standard InChI is InChI=1S/C17H26N6O/c1-3-20-15(5-7-23(2)12-24)9-16(18)22-17-8-14-10-19-6-4-13(14)11-21-17/h8-9,11-12,19-20H,3-7,10H2,1-2H3,(H2,18,21,22)/b15-9-. The number of carbonyl (C=O) groups is 1. The molecule has 1 amide bonds. The topological polar surface area (TPSA) is 95.6 Å². The lowest BCUT2D eigenvalue weighted by atomic mass is 10.0. The van der Waals surface area contributed by atoms with E-state index >= 15 is 0 Å². The minimum Gasteiger partial charge on any atom is -0.388 e. The van der Waals surface area contributed by atoms with E-state index in [9.17, 15) is 4.79 Å². The van der Waals surface area contributed by atoms with Crippen molar-refractivity contribution < 1.29 is 4.79 Å². The maximum absolute atomic E-state index is 10.7. The summed E-state index contributed by atoms with van der Waals surface area (Å²) < 4.78 is 0. The molecule has 0 aliphatic carbocycles. The Morgan fingerprint density at radius 2 is 2.38 bits per heavy atom. The number of nitrogens with zero attached hydrogens (tertiary/aromatic N) is 3. The molecule has 130 valence electrons. The molecule has 1 aliphatic rings. The summed E-state index contributed by atoms with van der Waals surface area (Å²) >= 11 is 0. The van der Waals surface area contributed by atoms with E-state index in [2.05, 4.69) is 20.6 Å². The monoisotopic (exact) mass is 330 g/mol. The van der Waals surface area contributed by atoms with Crippen LogP contribution in [-0.4, -0.2) is 48.8 Å². The normalized spacial score (nSPS) is 14.9. The van der Waals surface area contributed by atoms with Gasteiger partial charge in [-0.2, -0.15) is 0 Å². The Kier molecular flexibility index (Phi) is 6.74. The average molecular weight is 330 g/mol. The van der Waals surface area contributed by atoms with E-state index in [0.717, 1.165) is 38.2 Å². The number of carbonyl (C=O) groups excluding carboxylic acids is 1. The number of aromatic nitrogens is 1. The van der Waals surface area contributed by atoms with Crippen molar-refractivity contribution in [3.05, 3.63) is 35.2 Å². The highest BCUT2D eigenvalue weighted by molar-refractivity contribution is 5.93. The highest BCUT2D eigenvalue weighted by Crippen LogP contribution is 2.18. The maximum Gasteiger partial charge on any atom is 0.209 e. The molecule has 0 saturated carbocycles. The lowest BCUT2D eigenvalue weighted by Gasteiger charge is -2.16. The zero-order valence-electron chi connectivity index (χ0n) is 14.4. The van der Waals surface area contributed by atoms with E-state index in [-0.39, 0.29) is 0 Å². The Bertz CT molecular complexity index is 626. The highest BCUT2D eigenvalue weighted by atomic mass is 16.1. The number of nitrogens with two attached hydrogens (primary N) is 1. The van der Waals surface area contributed by atoms with Gasteiger partial charge in [-0.15, -0.1) is 0 Å². The fraction of sp³-hybridized carbons (Fsp3) is 0.471. The van der Waals surface area contributed by atoms with Crippen molar-refractivity contribution in [2.24, 2.45) is 10.7 Å². The fourth-order valence-electron chi connectivity index (χ4n) is 2.54. The van der Waals surface area contributed by atoms with Crippen LogP contribution >= 0.6 is 0 Å². The van der Waals surface area contributed by atoms with Gasteiger partial charge in [-0.25, -0.2) is 9.98 Å². The van der Waals surface area contributed by atoms with Gasteiger partial charge in [0.15, 0.2) is 5.82 Å². The van der Waals surface area contributed by atoms with Crippen LogP contribution in [0.2, 0.25) is 0 Å². The molecule has 2 rings (SSSR count). The number of amides is 1. The van der Waals surface area contributed by atoms with Gasteiger partial charge in [-0.05, 0) is 43.2 Å². The summed E-state index contributed by atoms with van der Waals surface area (Å²) in [6.45, 7) is 5.26. The zero-order chi connectivity index (χ0) is 17.4. The largest absolute Gasteiger partial charge is 0.388 e. The van der Waals surface area contributed by atoms with Crippen LogP contribution in [0, 0.1) is 0 Å². The number of pyridine rings is 1. The number of nitrogens with one attached hydrogen (secondary N) is 2. The molecule has 0 atom stereocenters. The first kappa shape index (κ1) is 17.9. The number of fused-ring (bicyclic) bond motifs is 1. The van der Waals surface area contributed by atoms with E-state index in [1.54, 1.807) is 11.9 Å².